The summed E-state index contributed by atoms with van der Waals surface area (Å²) in [6.45, 7) is 0.140. The van der Waals surface area contributed by atoms with E-state index in [1.165, 1.54) is 6.08 Å². The van der Waals surface area contributed by atoms with E-state index in [1.807, 2.05) is 0 Å². The molecule has 0 spiro atoms. The van der Waals surface area contributed by atoms with Gasteiger partial charge in [-0.25, -0.2) is 0 Å². The van der Waals surface area contributed by atoms with E-state index in [-0.39, 0.29) is 12.7 Å². The van der Waals surface area contributed by atoms with Crippen LogP contribution in [0.4, 0.5) is 5.69 Å². The lowest BCUT2D eigenvalue weighted by atomic mass is 10.2. The first-order chi connectivity index (χ1) is 12.1. The molecule has 0 bridgehead atoms. The molecule has 1 amide bonds. The Labute approximate surface area is 149 Å². The maximum absolute atomic E-state index is 12.2. The Bertz CT molecular complexity index is 812. The largest absolute Gasteiger partial charge is 0.497 e. The Morgan fingerprint density at radius 3 is 2.36 bits per heavy atom. The molecule has 0 saturated heterocycles. The van der Waals surface area contributed by atoms with Crippen molar-refractivity contribution in [3.63, 3.8) is 0 Å². The minimum atomic E-state index is -0.331. The van der Waals surface area contributed by atoms with Crippen molar-refractivity contribution in [2.75, 3.05) is 26.3 Å². The van der Waals surface area contributed by atoms with Crippen LogP contribution >= 0.6 is 11.6 Å². The highest BCUT2D eigenvalue weighted by atomic mass is 35.5. The fourth-order valence-corrected chi connectivity index (χ4v) is 2.49. The van der Waals surface area contributed by atoms with Crippen LogP contribution in [0.25, 0.3) is 6.08 Å². The maximum Gasteiger partial charge on any atom is 0.248 e. The molecule has 0 radical (unpaired) electrons. The third-order valence-electron chi connectivity index (χ3n) is 3.52. The molecule has 3 rings (SSSR count). The fraction of sp³-hybridized carbons (Fsp3) is 0.167. The summed E-state index contributed by atoms with van der Waals surface area (Å²) in [6.07, 6.45) is 3.05. The van der Waals surface area contributed by atoms with E-state index >= 15 is 0 Å². The number of carbonyl (C=O) groups excluding carboxylic acids is 1. The second-order valence-corrected chi connectivity index (χ2v) is 5.56. The van der Waals surface area contributed by atoms with Crippen molar-refractivity contribution >= 4 is 29.3 Å². The summed E-state index contributed by atoms with van der Waals surface area (Å²) >= 11 is 6.14. The summed E-state index contributed by atoms with van der Waals surface area (Å²) in [4.78, 5) is 12.2. The molecular formula is C18H16ClNO5. The number of anilines is 1. The molecule has 0 aliphatic carbocycles. The molecule has 6 nitrogen and oxygen atoms in total. The van der Waals surface area contributed by atoms with Gasteiger partial charge in [0.25, 0.3) is 0 Å². The summed E-state index contributed by atoms with van der Waals surface area (Å²) in [5.41, 5.74) is 1.21. The molecule has 0 unspecified atom stereocenters. The van der Waals surface area contributed by atoms with Gasteiger partial charge in [0.2, 0.25) is 12.7 Å². The lowest BCUT2D eigenvalue weighted by Crippen LogP contribution is -2.08. The minimum Gasteiger partial charge on any atom is -0.497 e. The predicted molar refractivity (Wildman–Crippen MR) is 94.8 cm³/mol. The second-order valence-electron chi connectivity index (χ2n) is 5.15. The van der Waals surface area contributed by atoms with Crippen LogP contribution < -0.4 is 24.3 Å². The van der Waals surface area contributed by atoms with Gasteiger partial charge in [-0.15, -0.1) is 0 Å². The number of benzene rings is 2. The van der Waals surface area contributed by atoms with E-state index in [2.05, 4.69) is 5.32 Å². The summed E-state index contributed by atoms with van der Waals surface area (Å²) < 4.78 is 20.9. The first-order valence-electron chi connectivity index (χ1n) is 7.40. The predicted octanol–water partition coefficient (Wildman–Crippen LogP) is 3.74. The quantitative estimate of drug-likeness (QED) is 0.822. The van der Waals surface area contributed by atoms with E-state index in [0.29, 0.717) is 33.7 Å². The summed E-state index contributed by atoms with van der Waals surface area (Å²) in [6, 6.07) is 8.57. The SMILES string of the molecule is COc1cc(/C=C/C(=O)Nc2cc3c(cc2Cl)OCO3)cc(OC)c1. The van der Waals surface area contributed by atoms with Crippen LogP contribution in [0.5, 0.6) is 23.0 Å². The van der Waals surface area contributed by atoms with Gasteiger partial charge in [0.15, 0.2) is 11.5 Å². The van der Waals surface area contributed by atoms with Crippen LogP contribution in [0.1, 0.15) is 5.56 Å². The number of hydrogen-bond acceptors (Lipinski definition) is 5. The molecule has 1 heterocycles. The maximum atomic E-state index is 12.2. The third-order valence-corrected chi connectivity index (χ3v) is 3.83. The van der Waals surface area contributed by atoms with E-state index in [4.69, 9.17) is 30.5 Å². The highest BCUT2D eigenvalue weighted by Crippen LogP contribution is 2.39. The normalized spacial score (nSPS) is 12.3. The minimum absolute atomic E-state index is 0.140. The molecule has 0 aromatic heterocycles. The van der Waals surface area contributed by atoms with Gasteiger partial charge in [0, 0.05) is 24.3 Å². The molecule has 0 fully saturated rings. The van der Waals surface area contributed by atoms with Gasteiger partial charge < -0.3 is 24.3 Å². The highest BCUT2D eigenvalue weighted by Gasteiger charge is 2.17. The number of ether oxygens (including phenoxy) is 4. The standard InChI is InChI=1S/C18H16ClNO5/c1-22-12-5-11(6-13(7-12)23-2)3-4-18(21)20-15-9-17-16(8-14(15)19)24-10-25-17/h3-9H,10H2,1-2H3,(H,20,21)/b4-3+. The Morgan fingerprint density at radius 1 is 1.08 bits per heavy atom. The topological polar surface area (TPSA) is 66.0 Å². The lowest BCUT2D eigenvalue weighted by molar-refractivity contribution is -0.111. The highest BCUT2D eigenvalue weighted by molar-refractivity contribution is 6.34. The first-order valence-corrected chi connectivity index (χ1v) is 7.78. The lowest BCUT2D eigenvalue weighted by Gasteiger charge is -2.07. The number of fused-ring (bicyclic) bond motifs is 1. The number of hydrogen-bond donors (Lipinski definition) is 1. The van der Waals surface area contributed by atoms with Crippen molar-refractivity contribution in [3.05, 3.63) is 47.0 Å². The van der Waals surface area contributed by atoms with Crippen molar-refractivity contribution in [3.8, 4) is 23.0 Å². The Morgan fingerprint density at radius 2 is 1.72 bits per heavy atom. The van der Waals surface area contributed by atoms with Gasteiger partial charge in [-0.05, 0) is 23.8 Å². The zero-order valence-electron chi connectivity index (χ0n) is 13.7. The smallest absolute Gasteiger partial charge is 0.248 e. The molecule has 0 atom stereocenters. The average molecular weight is 362 g/mol. The number of halogens is 1. The zero-order chi connectivity index (χ0) is 17.8. The van der Waals surface area contributed by atoms with Crippen molar-refractivity contribution in [1.82, 2.24) is 0 Å². The third kappa shape index (κ3) is 3.97. The summed E-state index contributed by atoms with van der Waals surface area (Å²) in [5.74, 6) is 2.04. The molecule has 0 saturated carbocycles. The zero-order valence-corrected chi connectivity index (χ0v) is 14.4. The summed E-state index contributed by atoms with van der Waals surface area (Å²) in [7, 11) is 3.13. The van der Waals surface area contributed by atoms with Crippen LogP contribution in [0, 0.1) is 0 Å². The molecule has 7 heteroatoms. The summed E-state index contributed by atoms with van der Waals surface area (Å²) in [5, 5.41) is 3.08. The molecule has 1 aliphatic heterocycles. The molecule has 2 aromatic rings. The van der Waals surface area contributed by atoms with Gasteiger partial charge in [-0.2, -0.15) is 0 Å². The van der Waals surface area contributed by atoms with Crippen LogP contribution in [0.15, 0.2) is 36.4 Å². The van der Waals surface area contributed by atoms with E-state index in [1.54, 1.807) is 50.6 Å². The van der Waals surface area contributed by atoms with Crippen LogP contribution in [0.2, 0.25) is 5.02 Å². The molecule has 1 aliphatic rings. The van der Waals surface area contributed by atoms with Crippen molar-refractivity contribution in [1.29, 1.82) is 0 Å². The van der Waals surface area contributed by atoms with E-state index in [9.17, 15) is 4.79 Å². The van der Waals surface area contributed by atoms with Crippen LogP contribution in [0.3, 0.4) is 0 Å². The Kier molecular flexibility index (Phi) is 5.00. The van der Waals surface area contributed by atoms with Gasteiger partial charge in [-0.1, -0.05) is 11.6 Å². The van der Waals surface area contributed by atoms with Crippen LogP contribution in [-0.2, 0) is 4.79 Å². The number of rotatable bonds is 5. The number of methoxy groups -OCH3 is 2. The molecule has 1 N–H and O–H groups in total. The van der Waals surface area contributed by atoms with Gasteiger partial charge in [-0.3, -0.25) is 4.79 Å². The second kappa shape index (κ2) is 7.36. The Hall–Kier alpha value is -2.86. The number of carbonyl (C=O) groups is 1. The Balaban J connectivity index is 1.74. The number of nitrogens with one attached hydrogen (secondary N) is 1. The van der Waals surface area contributed by atoms with Crippen molar-refractivity contribution in [2.45, 2.75) is 0 Å². The number of amides is 1. The molecule has 2 aromatic carbocycles. The van der Waals surface area contributed by atoms with Gasteiger partial charge >= 0.3 is 0 Å². The van der Waals surface area contributed by atoms with Crippen molar-refractivity contribution in [2.24, 2.45) is 0 Å². The monoisotopic (exact) mass is 361 g/mol. The molecule has 25 heavy (non-hydrogen) atoms. The first kappa shape index (κ1) is 17.0. The molecule has 130 valence electrons. The van der Waals surface area contributed by atoms with Crippen molar-refractivity contribution < 1.29 is 23.7 Å². The molecular weight excluding hydrogens is 346 g/mol. The van der Waals surface area contributed by atoms with Crippen LogP contribution in [-0.4, -0.2) is 26.9 Å². The average Bonchev–Trinajstić information content (AvgIpc) is 3.07. The van der Waals surface area contributed by atoms with Gasteiger partial charge in [0.05, 0.1) is 24.9 Å². The van der Waals surface area contributed by atoms with Gasteiger partial charge in [0.1, 0.15) is 11.5 Å². The van der Waals surface area contributed by atoms with E-state index in [0.717, 1.165) is 5.56 Å². The van der Waals surface area contributed by atoms with E-state index < -0.39 is 0 Å². The fourth-order valence-electron chi connectivity index (χ4n) is 2.28.